The first kappa shape index (κ1) is 13.0. The van der Waals surface area contributed by atoms with Crippen molar-refractivity contribution in [2.24, 2.45) is 11.8 Å². The third-order valence-corrected chi connectivity index (χ3v) is 3.39. The van der Waals surface area contributed by atoms with Crippen molar-refractivity contribution in [1.82, 2.24) is 0 Å². The molecule has 90 valence electrons. The highest BCUT2D eigenvalue weighted by Crippen LogP contribution is 2.34. The van der Waals surface area contributed by atoms with Crippen LogP contribution in [0, 0.1) is 11.8 Å². The van der Waals surface area contributed by atoms with Gasteiger partial charge in [0.2, 0.25) is 0 Å². The third-order valence-electron chi connectivity index (χ3n) is 3.39. The zero-order valence-electron chi connectivity index (χ0n) is 11.0. The van der Waals surface area contributed by atoms with E-state index in [1.807, 2.05) is 0 Å². The van der Waals surface area contributed by atoms with E-state index in [1.54, 1.807) is 0 Å². The van der Waals surface area contributed by atoms with Gasteiger partial charge in [0.1, 0.15) is 0 Å². The van der Waals surface area contributed by atoms with Gasteiger partial charge in [-0.15, -0.1) is 0 Å². The molecule has 0 aromatic rings. The highest BCUT2D eigenvalue weighted by atomic mass is 16.5. The lowest BCUT2D eigenvalue weighted by Crippen LogP contribution is -2.31. The molecule has 0 heterocycles. The molecule has 0 aromatic heterocycles. The van der Waals surface area contributed by atoms with E-state index < -0.39 is 0 Å². The van der Waals surface area contributed by atoms with E-state index in [2.05, 4.69) is 27.7 Å². The van der Waals surface area contributed by atoms with E-state index in [4.69, 9.17) is 4.74 Å². The fourth-order valence-corrected chi connectivity index (χ4v) is 2.30. The molecule has 15 heavy (non-hydrogen) atoms. The molecule has 1 aliphatic rings. The number of hydrogen-bond acceptors (Lipinski definition) is 1. The molecule has 1 heteroatoms. The molecule has 1 unspecified atom stereocenters. The SMILES string of the molecule is CC(C)CCCC(OC(C)C)C1CCC1. The van der Waals surface area contributed by atoms with Crippen molar-refractivity contribution >= 4 is 0 Å². The molecule has 1 rings (SSSR count). The number of ether oxygens (including phenoxy) is 1. The van der Waals surface area contributed by atoms with Crippen LogP contribution in [0.25, 0.3) is 0 Å². The van der Waals surface area contributed by atoms with Gasteiger partial charge in [0.25, 0.3) is 0 Å². The summed E-state index contributed by atoms with van der Waals surface area (Å²) >= 11 is 0. The Labute approximate surface area is 95.6 Å². The maximum atomic E-state index is 6.04. The zero-order chi connectivity index (χ0) is 11.3. The van der Waals surface area contributed by atoms with E-state index in [0.717, 1.165) is 11.8 Å². The Morgan fingerprint density at radius 3 is 2.13 bits per heavy atom. The van der Waals surface area contributed by atoms with Gasteiger partial charge in [0, 0.05) is 0 Å². The molecule has 1 fully saturated rings. The van der Waals surface area contributed by atoms with Gasteiger partial charge in [-0.3, -0.25) is 0 Å². The second-order valence-corrected chi connectivity index (χ2v) is 5.74. The molecule has 0 aromatic carbocycles. The molecule has 0 N–H and O–H groups in total. The molecule has 1 saturated carbocycles. The number of rotatable bonds is 7. The molecule has 0 radical (unpaired) electrons. The molecule has 0 aliphatic heterocycles. The Kier molecular flexibility index (Phi) is 5.66. The maximum Gasteiger partial charge on any atom is 0.0606 e. The summed E-state index contributed by atoms with van der Waals surface area (Å²) < 4.78 is 6.04. The van der Waals surface area contributed by atoms with Crippen LogP contribution in [0.5, 0.6) is 0 Å². The highest BCUT2D eigenvalue weighted by Gasteiger charge is 2.28. The average molecular weight is 212 g/mol. The zero-order valence-corrected chi connectivity index (χ0v) is 11.0. The van der Waals surface area contributed by atoms with Crippen LogP contribution in [0.4, 0.5) is 0 Å². The molecule has 0 saturated heterocycles. The van der Waals surface area contributed by atoms with Crippen LogP contribution in [0.3, 0.4) is 0 Å². The van der Waals surface area contributed by atoms with E-state index in [0.29, 0.717) is 12.2 Å². The molecule has 1 aliphatic carbocycles. The summed E-state index contributed by atoms with van der Waals surface area (Å²) in [4.78, 5) is 0. The van der Waals surface area contributed by atoms with Gasteiger partial charge in [-0.25, -0.2) is 0 Å². The third kappa shape index (κ3) is 5.01. The quantitative estimate of drug-likeness (QED) is 0.607. The predicted molar refractivity (Wildman–Crippen MR) is 66.0 cm³/mol. The highest BCUT2D eigenvalue weighted by molar-refractivity contribution is 4.78. The van der Waals surface area contributed by atoms with Gasteiger partial charge >= 0.3 is 0 Å². The van der Waals surface area contributed by atoms with Crippen molar-refractivity contribution in [1.29, 1.82) is 0 Å². The van der Waals surface area contributed by atoms with Crippen LogP contribution >= 0.6 is 0 Å². The van der Waals surface area contributed by atoms with Gasteiger partial charge in [-0.2, -0.15) is 0 Å². The Bertz CT molecular complexity index is 159. The second-order valence-electron chi connectivity index (χ2n) is 5.74. The lowest BCUT2D eigenvalue weighted by molar-refractivity contribution is -0.0523. The van der Waals surface area contributed by atoms with Gasteiger partial charge in [0.05, 0.1) is 12.2 Å². The summed E-state index contributed by atoms with van der Waals surface area (Å²) in [6, 6.07) is 0. The maximum absolute atomic E-state index is 6.04. The molecular weight excluding hydrogens is 184 g/mol. The van der Waals surface area contributed by atoms with Crippen molar-refractivity contribution in [2.75, 3.05) is 0 Å². The van der Waals surface area contributed by atoms with Crippen molar-refractivity contribution in [2.45, 2.75) is 78.4 Å². The molecule has 0 amide bonds. The number of hydrogen-bond donors (Lipinski definition) is 0. The topological polar surface area (TPSA) is 9.23 Å². The predicted octanol–water partition coefficient (Wildman–Crippen LogP) is 4.41. The van der Waals surface area contributed by atoms with Gasteiger partial charge < -0.3 is 4.74 Å². The van der Waals surface area contributed by atoms with Gasteiger partial charge in [0.15, 0.2) is 0 Å². The molecule has 0 bridgehead atoms. The van der Waals surface area contributed by atoms with Gasteiger partial charge in [-0.1, -0.05) is 33.1 Å². The normalized spacial score (nSPS) is 19.6. The second kappa shape index (κ2) is 6.52. The fourth-order valence-electron chi connectivity index (χ4n) is 2.30. The summed E-state index contributed by atoms with van der Waals surface area (Å²) in [5.74, 6) is 1.71. The Balaban J connectivity index is 2.22. The summed E-state index contributed by atoms with van der Waals surface area (Å²) in [5, 5.41) is 0. The average Bonchev–Trinajstić information content (AvgIpc) is 1.98. The van der Waals surface area contributed by atoms with Gasteiger partial charge in [-0.05, 0) is 44.9 Å². The van der Waals surface area contributed by atoms with E-state index >= 15 is 0 Å². The lowest BCUT2D eigenvalue weighted by atomic mass is 9.79. The van der Waals surface area contributed by atoms with E-state index in [1.165, 1.54) is 38.5 Å². The Morgan fingerprint density at radius 2 is 1.73 bits per heavy atom. The summed E-state index contributed by atoms with van der Waals surface area (Å²) in [6.45, 7) is 8.94. The van der Waals surface area contributed by atoms with Crippen LogP contribution in [0.2, 0.25) is 0 Å². The fraction of sp³-hybridized carbons (Fsp3) is 1.00. The largest absolute Gasteiger partial charge is 0.375 e. The minimum absolute atomic E-state index is 0.398. The molecule has 1 nitrogen and oxygen atoms in total. The minimum atomic E-state index is 0.398. The summed E-state index contributed by atoms with van der Waals surface area (Å²) in [7, 11) is 0. The molecule has 1 atom stereocenters. The monoisotopic (exact) mass is 212 g/mol. The Hall–Kier alpha value is -0.0400. The van der Waals surface area contributed by atoms with Crippen LogP contribution in [-0.2, 0) is 4.74 Å². The van der Waals surface area contributed by atoms with E-state index in [9.17, 15) is 0 Å². The molecular formula is C14H28O. The minimum Gasteiger partial charge on any atom is -0.375 e. The first-order chi connectivity index (χ1) is 7.09. The van der Waals surface area contributed by atoms with Crippen LogP contribution in [-0.4, -0.2) is 12.2 Å². The summed E-state index contributed by atoms with van der Waals surface area (Å²) in [5.41, 5.74) is 0. The summed E-state index contributed by atoms with van der Waals surface area (Å²) in [6.07, 6.45) is 9.15. The standard InChI is InChI=1S/C14H28O/c1-11(2)7-5-10-14(15-12(3)4)13-8-6-9-13/h11-14H,5-10H2,1-4H3. The van der Waals surface area contributed by atoms with Crippen LogP contribution in [0.1, 0.15) is 66.2 Å². The van der Waals surface area contributed by atoms with Crippen molar-refractivity contribution in [3.63, 3.8) is 0 Å². The first-order valence-corrected chi connectivity index (χ1v) is 6.75. The first-order valence-electron chi connectivity index (χ1n) is 6.75. The Morgan fingerprint density at radius 1 is 1.07 bits per heavy atom. The van der Waals surface area contributed by atoms with Crippen LogP contribution in [0.15, 0.2) is 0 Å². The lowest BCUT2D eigenvalue weighted by Gasteiger charge is -2.35. The van der Waals surface area contributed by atoms with Crippen molar-refractivity contribution in [3.05, 3.63) is 0 Å². The van der Waals surface area contributed by atoms with Crippen molar-refractivity contribution in [3.8, 4) is 0 Å². The molecule has 0 spiro atoms. The van der Waals surface area contributed by atoms with Crippen molar-refractivity contribution < 1.29 is 4.74 Å². The smallest absolute Gasteiger partial charge is 0.0606 e. The van der Waals surface area contributed by atoms with Crippen LogP contribution < -0.4 is 0 Å². The van der Waals surface area contributed by atoms with E-state index in [-0.39, 0.29) is 0 Å².